The molecule has 31 heavy (non-hydrogen) atoms. The fourth-order valence-electron chi connectivity index (χ4n) is 3.72. The second kappa shape index (κ2) is 8.50. The third kappa shape index (κ3) is 4.61. The van der Waals surface area contributed by atoms with Crippen LogP contribution in [0.25, 0.3) is 0 Å². The Balaban J connectivity index is 1.41. The molecule has 0 N–H and O–H groups in total. The minimum Gasteiger partial charge on any atom is -0.379 e. The van der Waals surface area contributed by atoms with Crippen molar-refractivity contribution >= 4 is 16.0 Å². The van der Waals surface area contributed by atoms with E-state index in [2.05, 4.69) is 10.1 Å². The lowest BCUT2D eigenvalue weighted by molar-refractivity contribution is 0.0690. The summed E-state index contributed by atoms with van der Waals surface area (Å²) in [6.45, 7) is 4.81. The molecule has 9 heteroatoms. The number of likely N-dealkylation sites (tertiary alicyclic amines) is 1. The van der Waals surface area contributed by atoms with Gasteiger partial charge in [-0.25, -0.2) is 9.67 Å². The standard InChI is InChI=1S/C22H24N4O4S/c1-16-3-4-17(2)21(13-16)31(28,29)30-20-7-5-18(6-8-20)22(27)25-11-9-19(10-12-25)26-15-23-14-24-26/h3-8,13-15,19H,9-12H2,1-2H3. The zero-order chi connectivity index (χ0) is 22.0. The molecule has 8 nitrogen and oxygen atoms in total. The first-order chi connectivity index (χ1) is 14.8. The number of rotatable bonds is 5. The van der Waals surface area contributed by atoms with Gasteiger partial charge in [-0.1, -0.05) is 12.1 Å². The van der Waals surface area contributed by atoms with E-state index >= 15 is 0 Å². The Kier molecular flexibility index (Phi) is 5.77. The number of piperidine rings is 1. The van der Waals surface area contributed by atoms with E-state index < -0.39 is 10.1 Å². The van der Waals surface area contributed by atoms with Gasteiger partial charge in [0.25, 0.3) is 5.91 Å². The van der Waals surface area contributed by atoms with Gasteiger partial charge in [-0.05, 0) is 68.1 Å². The van der Waals surface area contributed by atoms with Crippen LogP contribution in [0.3, 0.4) is 0 Å². The van der Waals surface area contributed by atoms with Gasteiger partial charge in [0.05, 0.1) is 6.04 Å². The van der Waals surface area contributed by atoms with E-state index in [1.54, 1.807) is 42.4 Å². The zero-order valence-corrected chi connectivity index (χ0v) is 18.2. The Morgan fingerprint density at radius 3 is 2.42 bits per heavy atom. The van der Waals surface area contributed by atoms with Gasteiger partial charge < -0.3 is 9.08 Å². The number of benzene rings is 2. The largest absolute Gasteiger partial charge is 0.379 e. The number of nitrogens with zero attached hydrogens (tertiary/aromatic N) is 4. The van der Waals surface area contributed by atoms with E-state index in [9.17, 15) is 13.2 Å². The van der Waals surface area contributed by atoms with Gasteiger partial charge in [0.15, 0.2) is 0 Å². The summed E-state index contributed by atoms with van der Waals surface area (Å²) in [5.74, 6) is 0.0864. The van der Waals surface area contributed by atoms with Crippen molar-refractivity contribution in [3.63, 3.8) is 0 Å². The molecule has 0 atom stereocenters. The highest BCUT2D eigenvalue weighted by atomic mass is 32.2. The van der Waals surface area contributed by atoms with Crippen LogP contribution in [0.15, 0.2) is 60.0 Å². The molecular formula is C22H24N4O4S. The number of aromatic nitrogens is 3. The van der Waals surface area contributed by atoms with Crippen molar-refractivity contribution in [3.8, 4) is 5.75 Å². The van der Waals surface area contributed by atoms with Crippen LogP contribution < -0.4 is 4.18 Å². The van der Waals surface area contributed by atoms with E-state index in [0.29, 0.717) is 24.2 Å². The van der Waals surface area contributed by atoms with Crippen molar-refractivity contribution in [2.75, 3.05) is 13.1 Å². The van der Waals surface area contributed by atoms with Gasteiger partial charge in [0.1, 0.15) is 23.3 Å². The number of aryl methyl sites for hydroxylation is 2. The van der Waals surface area contributed by atoms with E-state index in [1.807, 2.05) is 17.7 Å². The summed E-state index contributed by atoms with van der Waals surface area (Å²) in [6, 6.07) is 11.7. The first-order valence-electron chi connectivity index (χ1n) is 10.1. The van der Waals surface area contributed by atoms with Crippen molar-refractivity contribution in [1.29, 1.82) is 0 Å². The lowest BCUT2D eigenvalue weighted by Crippen LogP contribution is -2.39. The molecule has 0 saturated carbocycles. The molecule has 2 heterocycles. The quantitative estimate of drug-likeness (QED) is 0.566. The molecule has 162 valence electrons. The third-order valence-electron chi connectivity index (χ3n) is 5.48. The summed E-state index contributed by atoms with van der Waals surface area (Å²) in [5.41, 5.74) is 1.95. The van der Waals surface area contributed by atoms with Crippen LogP contribution in [0.1, 0.15) is 40.4 Å². The highest BCUT2D eigenvalue weighted by molar-refractivity contribution is 7.87. The molecule has 1 aromatic heterocycles. The van der Waals surface area contributed by atoms with Crippen molar-refractivity contribution in [1.82, 2.24) is 19.7 Å². The number of amides is 1. The monoisotopic (exact) mass is 440 g/mol. The molecule has 1 aliphatic heterocycles. The van der Waals surface area contributed by atoms with Gasteiger partial charge in [0.2, 0.25) is 0 Å². The van der Waals surface area contributed by atoms with Crippen molar-refractivity contribution in [2.24, 2.45) is 0 Å². The highest BCUT2D eigenvalue weighted by Gasteiger charge is 2.25. The smallest absolute Gasteiger partial charge is 0.339 e. The average Bonchev–Trinajstić information content (AvgIpc) is 3.30. The van der Waals surface area contributed by atoms with Gasteiger partial charge in [0, 0.05) is 18.7 Å². The van der Waals surface area contributed by atoms with E-state index in [-0.39, 0.29) is 22.6 Å². The average molecular weight is 441 g/mol. The van der Waals surface area contributed by atoms with E-state index in [0.717, 1.165) is 18.4 Å². The molecule has 0 radical (unpaired) electrons. The molecule has 4 rings (SSSR count). The molecule has 0 aliphatic carbocycles. The first kappa shape index (κ1) is 21.0. The second-order valence-corrected chi connectivity index (χ2v) is 9.24. The molecule has 0 spiro atoms. The van der Waals surface area contributed by atoms with E-state index in [1.165, 1.54) is 18.5 Å². The van der Waals surface area contributed by atoms with Crippen LogP contribution >= 0.6 is 0 Å². The lowest BCUT2D eigenvalue weighted by atomic mass is 10.0. The van der Waals surface area contributed by atoms with Gasteiger partial charge >= 0.3 is 10.1 Å². The fourth-order valence-corrected chi connectivity index (χ4v) is 4.97. The molecule has 1 fully saturated rings. The van der Waals surface area contributed by atoms with Crippen LogP contribution in [0.4, 0.5) is 0 Å². The molecule has 1 saturated heterocycles. The van der Waals surface area contributed by atoms with E-state index in [4.69, 9.17) is 4.18 Å². The Morgan fingerprint density at radius 2 is 1.77 bits per heavy atom. The predicted octanol–water partition coefficient (Wildman–Crippen LogP) is 3.14. The summed E-state index contributed by atoms with van der Waals surface area (Å²) in [4.78, 5) is 18.7. The Labute approximate surface area is 181 Å². The van der Waals surface area contributed by atoms with Gasteiger partial charge in [-0.3, -0.25) is 4.79 Å². The molecule has 2 aromatic carbocycles. The van der Waals surface area contributed by atoms with Crippen LogP contribution in [0, 0.1) is 13.8 Å². The zero-order valence-electron chi connectivity index (χ0n) is 17.4. The van der Waals surface area contributed by atoms with Crippen molar-refractivity contribution in [3.05, 3.63) is 71.8 Å². The summed E-state index contributed by atoms with van der Waals surface area (Å²) >= 11 is 0. The minimum atomic E-state index is -3.96. The summed E-state index contributed by atoms with van der Waals surface area (Å²) in [7, 11) is -3.96. The SMILES string of the molecule is Cc1ccc(C)c(S(=O)(=O)Oc2ccc(C(=O)N3CCC(n4cncn4)CC3)cc2)c1. The maximum atomic E-state index is 12.8. The molecule has 0 unspecified atom stereocenters. The molecular weight excluding hydrogens is 416 g/mol. The third-order valence-corrected chi connectivity index (χ3v) is 6.87. The highest BCUT2D eigenvalue weighted by Crippen LogP contribution is 2.25. The van der Waals surface area contributed by atoms with Crippen molar-refractivity contribution < 1.29 is 17.4 Å². The summed E-state index contributed by atoms with van der Waals surface area (Å²) < 4.78 is 32.4. The van der Waals surface area contributed by atoms with Crippen molar-refractivity contribution in [2.45, 2.75) is 37.6 Å². The lowest BCUT2D eigenvalue weighted by Gasteiger charge is -2.32. The number of carbonyl (C=O) groups excluding carboxylic acids is 1. The molecule has 1 aliphatic rings. The number of hydrogen-bond acceptors (Lipinski definition) is 6. The number of carbonyl (C=O) groups is 1. The topological polar surface area (TPSA) is 94.4 Å². The Morgan fingerprint density at radius 1 is 1.06 bits per heavy atom. The summed E-state index contributed by atoms with van der Waals surface area (Å²) in [5, 5.41) is 4.18. The van der Waals surface area contributed by atoms with Gasteiger partial charge in [-0.2, -0.15) is 13.5 Å². The Hall–Kier alpha value is -3.20. The predicted molar refractivity (Wildman–Crippen MR) is 114 cm³/mol. The maximum absolute atomic E-state index is 12.8. The Bertz CT molecular complexity index is 1170. The molecule has 1 amide bonds. The van der Waals surface area contributed by atoms with Gasteiger partial charge in [-0.15, -0.1) is 0 Å². The molecule has 3 aromatic rings. The maximum Gasteiger partial charge on any atom is 0.339 e. The molecule has 0 bridgehead atoms. The summed E-state index contributed by atoms with van der Waals surface area (Å²) in [6.07, 6.45) is 4.84. The van der Waals surface area contributed by atoms with Crippen LogP contribution in [0.2, 0.25) is 0 Å². The first-order valence-corrected chi connectivity index (χ1v) is 11.5. The van der Waals surface area contributed by atoms with Crippen LogP contribution in [-0.4, -0.2) is 47.1 Å². The minimum absolute atomic E-state index is 0.0824. The number of hydrogen-bond donors (Lipinski definition) is 0. The second-order valence-electron chi connectivity index (χ2n) is 7.73. The van der Waals surface area contributed by atoms with Crippen LogP contribution in [-0.2, 0) is 10.1 Å². The normalized spacial score (nSPS) is 15.1. The van der Waals surface area contributed by atoms with Crippen LogP contribution in [0.5, 0.6) is 5.75 Å². The fraction of sp³-hybridized carbons (Fsp3) is 0.318.